The van der Waals surface area contributed by atoms with Gasteiger partial charge in [-0.2, -0.15) is 0 Å². The molecular formula is C14H9N3O. The van der Waals surface area contributed by atoms with Crippen molar-refractivity contribution in [1.82, 2.24) is 14.4 Å². The molecule has 4 rings (SSSR count). The van der Waals surface area contributed by atoms with Crippen molar-refractivity contribution < 1.29 is 0 Å². The Balaban J connectivity index is 2.42. The molecule has 86 valence electrons. The summed E-state index contributed by atoms with van der Waals surface area (Å²) in [4.78, 5) is 19.4. The molecule has 0 radical (unpaired) electrons. The minimum Gasteiger partial charge on any atom is -0.319 e. The number of H-pyrrole nitrogens is 1. The lowest BCUT2D eigenvalue weighted by Crippen LogP contribution is -2.09. The van der Waals surface area contributed by atoms with E-state index in [1.807, 2.05) is 47.0 Å². The van der Waals surface area contributed by atoms with Crippen molar-refractivity contribution in [3.63, 3.8) is 0 Å². The number of fused-ring (bicyclic) bond motifs is 5. The third-order valence-corrected chi connectivity index (χ3v) is 3.21. The Morgan fingerprint density at radius 2 is 2.00 bits per heavy atom. The maximum Gasteiger partial charge on any atom is 0.273 e. The van der Waals surface area contributed by atoms with Crippen LogP contribution < -0.4 is 5.56 Å². The zero-order valence-electron chi connectivity index (χ0n) is 9.42. The van der Waals surface area contributed by atoms with Crippen LogP contribution in [0.2, 0.25) is 0 Å². The number of aromatic amines is 1. The molecule has 0 aliphatic carbocycles. The van der Waals surface area contributed by atoms with Crippen molar-refractivity contribution in [1.29, 1.82) is 0 Å². The van der Waals surface area contributed by atoms with Crippen LogP contribution >= 0.6 is 0 Å². The van der Waals surface area contributed by atoms with E-state index in [2.05, 4.69) is 9.97 Å². The smallest absolute Gasteiger partial charge is 0.273 e. The van der Waals surface area contributed by atoms with Gasteiger partial charge in [0.2, 0.25) is 0 Å². The largest absolute Gasteiger partial charge is 0.319 e. The van der Waals surface area contributed by atoms with Gasteiger partial charge in [-0.1, -0.05) is 12.1 Å². The summed E-state index contributed by atoms with van der Waals surface area (Å²) in [5.74, 6) is 0. The van der Waals surface area contributed by atoms with E-state index < -0.39 is 0 Å². The van der Waals surface area contributed by atoms with Gasteiger partial charge in [0.15, 0.2) is 0 Å². The minimum atomic E-state index is -0.0864. The summed E-state index contributed by atoms with van der Waals surface area (Å²) in [6, 6.07) is 11.5. The molecule has 0 spiro atoms. The first-order chi connectivity index (χ1) is 8.84. The fraction of sp³-hybridized carbons (Fsp3) is 0. The SMILES string of the molecule is O=c1[nH]c2ccccc2n2cc3ncccc3c12. The van der Waals surface area contributed by atoms with Gasteiger partial charge in [-0.05, 0) is 24.3 Å². The summed E-state index contributed by atoms with van der Waals surface area (Å²) < 4.78 is 1.91. The van der Waals surface area contributed by atoms with E-state index in [0.29, 0.717) is 5.52 Å². The van der Waals surface area contributed by atoms with E-state index in [1.165, 1.54) is 0 Å². The van der Waals surface area contributed by atoms with Gasteiger partial charge in [0.25, 0.3) is 5.56 Å². The summed E-state index contributed by atoms with van der Waals surface area (Å²) >= 11 is 0. The quantitative estimate of drug-likeness (QED) is 0.508. The molecule has 4 aromatic rings. The molecule has 4 nitrogen and oxygen atoms in total. The van der Waals surface area contributed by atoms with Crippen LogP contribution in [0.1, 0.15) is 0 Å². The standard InChI is InChI=1S/C14H9N3O/c18-14-13-9-4-3-7-15-11(9)8-17(13)12-6-2-1-5-10(12)16-14/h1-8H,(H,16,18). The van der Waals surface area contributed by atoms with Gasteiger partial charge in [-0.15, -0.1) is 0 Å². The molecule has 0 aliphatic heterocycles. The first-order valence-corrected chi connectivity index (χ1v) is 5.71. The summed E-state index contributed by atoms with van der Waals surface area (Å²) in [6.45, 7) is 0. The van der Waals surface area contributed by atoms with E-state index >= 15 is 0 Å². The van der Waals surface area contributed by atoms with Crippen LogP contribution in [0.15, 0.2) is 53.6 Å². The van der Waals surface area contributed by atoms with Crippen LogP contribution in [0, 0.1) is 0 Å². The predicted molar refractivity (Wildman–Crippen MR) is 70.8 cm³/mol. The second-order valence-electron chi connectivity index (χ2n) is 4.26. The lowest BCUT2D eigenvalue weighted by Gasteiger charge is -2.01. The fourth-order valence-electron chi connectivity index (χ4n) is 2.43. The van der Waals surface area contributed by atoms with E-state index in [0.717, 1.165) is 21.9 Å². The molecule has 3 aromatic heterocycles. The molecule has 18 heavy (non-hydrogen) atoms. The first-order valence-electron chi connectivity index (χ1n) is 5.71. The normalized spacial score (nSPS) is 11.6. The first kappa shape index (κ1) is 9.41. The van der Waals surface area contributed by atoms with Gasteiger partial charge in [0.05, 0.1) is 16.6 Å². The second-order valence-corrected chi connectivity index (χ2v) is 4.26. The van der Waals surface area contributed by atoms with Crippen LogP contribution in [-0.2, 0) is 0 Å². The highest BCUT2D eigenvalue weighted by molar-refractivity contribution is 5.97. The van der Waals surface area contributed by atoms with Crippen LogP contribution in [0.5, 0.6) is 0 Å². The van der Waals surface area contributed by atoms with E-state index in [9.17, 15) is 4.79 Å². The summed E-state index contributed by atoms with van der Waals surface area (Å²) in [6.07, 6.45) is 3.64. The van der Waals surface area contributed by atoms with Gasteiger partial charge in [0, 0.05) is 17.8 Å². The summed E-state index contributed by atoms with van der Waals surface area (Å²) in [7, 11) is 0. The van der Waals surface area contributed by atoms with Gasteiger partial charge >= 0.3 is 0 Å². The van der Waals surface area contributed by atoms with Crippen molar-refractivity contribution in [3.05, 3.63) is 59.1 Å². The molecule has 1 aromatic carbocycles. The molecular weight excluding hydrogens is 226 g/mol. The zero-order valence-corrected chi connectivity index (χ0v) is 9.42. The van der Waals surface area contributed by atoms with Crippen molar-refractivity contribution >= 4 is 27.5 Å². The van der Waals surface area contributed by atoms with E-state index in [1.54, 1.807) is 6.20 Å². The number of para-hydroxylation sites is 2. The highest BCUT2D eigenvalue weighted by atomic mass is 16.1. The Bertz CT molecular complexity index is 949. The topological polar surface area (TPSA) is 50.2 Å². The lowest BCUT2D eigenvalue weighted by molar-refractivity contribution is 1.19. The van der Waals surface area contributed by atoms with Gasteiger partial charge in [-0.25, -0.2) is 0 Å². The molecule has 0 bridgehead atoms. The second kappa shape index (κ2) is 3.20. The third kappa shape index (κ3) is 1.09. The van der Waals surface area contributed by atoms with Gasteiger partial charge in [0.1, 0.15) is 5.52 Å². The number of rotatable bonds is 0. The van der Waals surface area contributed by atoms with Gasteiger partial charge < -0.3 is 9.38 Å². The van der Waals surface area contributed by atoms with Crippen LogP contribution in [0.25, 0.3) is 27.5 Å². The maximum absolute atomic E-state index is 12.2. The molecule has 0 saturated heterocycles. The number of nitrogens with zero attached hydrogens (tertiary/aromatic N) is 2. The van der Waals surface area contributed by atoms with Crippen LogP contribution in [0.3, 0.4) is 0 Å². The minimum absolute atomic E-state index is 0.0864. The third-order valence-electron chi connectivity index (χ3n) is 3.21. The summed E-state index contributed by atoms with van der Waals surface area (Å²) in [5.41, 5.74) is 3.20. The Labute approximate surface area is 102 Å². The molecule has 3 heterocycles. The Hall–Kier alpha value is -2.62. The number of nitrogens with one attached hydrogen (secondary N) is 1. The monoisotopic (exact) mass is 235 g/mol. The Morgan fingerprint density at radius 1 is 1.11 bits per heavy atom. The number of aromatic nitrogens is 3. The predicted octanol–water partition coefficient (Wildman–Crippen LogP) is 2.33. The van der Waals surface area contributed by atoms with Crippen molar-refractivity contribution in [2.24, 2.45) is 0 Å². The number of pyridine rings is 1. The van der Waals surface area contributed by atoms with Crippen molar-refractivity contribution in [2.45, 2.75) is 0 Å². The summed E-state index contributed by atoms with van der Waals surface area (Å²) in [5, 5.41) is 0.879. The average Bonchev–Trinajstić information content (AvgIpc) is 2.79. The van der Waals surface area contributed by atoms with Crippen molar-refractivity contribution in [2.75, 3.05) is 0 Å². The molecule has 0 unspecified atom stereocenters. The molecule has 0 fully saturated rings. The maximum atomic E-state index is 12.2. The molecule has 4 heteroatoms. The lowest BCUT2D eigenvalue weighted by atomic mass is 10.2. The molecule has 0 aliphatic rings. The molecule has 0 saturated carbocycles. The van der Waals surface area contributed by atoms with Crippen LogP contribution in [0.4, 0.5) is 0 Å². The fourth-order valence-corrected chi connectivity index (χ4v) is 2.43. The molecule has 1 N–H and O–H groups in total. The Morgan fingerprint density at radius 3 is 2.94 bits per heavy atom. The zero-order chi connectivity index (χ0) is 12.1. The van der Waals surface area contributed by atoms with Crippen LogP contribution in [-0.4, -0.2) is 14.4 Å². The van der Waals surface area contributed by atoms with E-state index in [-0.39, 0.29) is 5.56 Å². The molecule has 0 amide bonds. The van der Waals surface area contributed by atoms with Gasteiger partial charge in [-0.3, -0.25) is 9.78 Å². The molecule has 0 atom stereocenters. The number of hydrogen-bond donors (Lipinski definition) is 1. The number of benzene rings is 1. The van der Waals surface area contributed by atoms with Crippen molar-refractivity contribution in [3.8, 4) is 0 Å². The average molecular weight is 235 g/mol. The highest BCUT2D eigenvalue weighted by Gasteiger charge is 2.09. The number of hydrogen-bond acceptors (Lipinski definition) is 2. The highest BCUT2D eigenvalue weighted by Crippen LogP contribution is 2.20. The Kier molecular flexibility index (Phi) is 1.67. The van der Waals surface area contributed by atoms with E-state index in [4.69, 9.17) is 0 Å².